The van der Waals surface area contributed by atoms with Crippen LogP contribution in [0.4, 0.5) is 0 Å². The van der Waals surface area contributed by atoms with Crippen LogP contribution in [0.25, 0.3) is 0 Å². The number of methoxy groups -OCH3 is 1. The zero-order chi connectivity index (χ0) is 12.6. The van der Waals surface area contributed by atoms with E-state index in [-0.39, 0.29) is 0 Å². The van der Waals surface area contributed by atoms with Gasteiger partial charge in [0, 0.05) is 14.0 Å². The molecule has 2 nitrogen and oxygen atoms in total. The number of hydrogen-bond donors (Lipinski definition) is 1. The van der Waals surface area contributed by atoms with Crippen LogP contribution in [0.3, 0.4) is 0 Å². The zero-order valence-corrected chi connectivity index (χ0v) is 10.7. The minimum atomic E-state index is 0.709. The highest BCUT2D eigenvalue weighted by molar-refractivity contribution is 5.13. The van der Waals surface area contributed by atoms with Gasteiger partial charge in [0.25, 0.3) is 0 Å². The van der Waals surface area contributed by atoms with Gasteiger partial charge in [-0.3, -0.25) is 0 Å². The van der Waals surface area contributed by atoms with Crippen molar-refractivity contribution in [3.63, 3.8) is 0 Å². The summed E-state index contributed by atoms with van der Waals surface area (Å²) in [6.45, 7) is 6.53. The van der Waals surface area contributed by atoms with Gasteiger partial charge < -0.3 is 9.84 Å². The number of hydrogen-bond acceptors (Lipinski definition) is 2. The van der Waals surface area contributed by atoms with Crippen molar-refractivity contribution in [2.45, 2.75) is 33.8 Å². The topological polar surface area (TPSA) is 29.5 Å². The summed E-state index contributed by atoms with van der Waals surface area (Å²) in [5.74, 6) is 2.24. The average Bonchev–Trinajstić information content (AvgIpc) is 2.32. The molecule has 90 valence electrons. The van der Waals surface area contributed by atoms with E-state index >= 15 is 0 Å². The first-order valence-electron chi connectivity index (χ1n) is 5.35. The van der Waals surface area contributed by atoms with E-state index in [1.54, 1.807) is 20.1 Å². The first-order chi connectivity index (χ1) is 7.76. The van der Waals surface area contributed by atoms with Crippen molar-refractivity contribution in [3.8, 4) is 12.0 Å². The van der Waals surface area contributed by atoms with Gasteiger partial charge in [-0.05, 0) is 5.56 Å². The van der Waals surface area contributed by atoms with Crippen molar-refractivity contribution in [1.82, 2.24) is 0 Å². The molecule has 0 aromatic heterocycles. The zero-order valence-electron chi connectivity index (χ0n) is 10.7. The molecule has 0 saturated heterocycles. The molecule has 0 aliphatic rings. The molecule has 0 saturated carbocycles. The number of rotatable bonds is 2. The van der Waals surface area contributed by atoms with Gasteiger partial charge in [0.05, 0.1) is 6.61 Å². The predicted octanol–water partition coefficient (Wildman–Crippen LogP) is 3.59. The Kier molecular flexibility index (Phi) is 16.9. The maximum absolute atomic E-state index is 7.51. The van der Waals surface area contributed by atoms with Crippen LogP contribution in [0.5, 0.6) is 0 Å². The van der Waals surface area contributed by atoms with E-state index in [0.29, 0.717) is 6.61 Å². The van der Waals surface area contributed by atoms with Gasteiger partial charge in [-0.1, -0.05) is 56.5 Å². The molecule has 0 atom stereocenters. The van der Waals surface area contributed by atoms with Gasteiger partial charge in [-0.2, -0.15) is 0 Å². The van der Waals surface area contributed by atoms with Crippen molar-refractivity contribution in [2.24, 2.45) is 0 Å². The lowest BCUT2D eigenvalue weighted by molar-refractivity contribution is 0.185. The van der Waals surface area contributed by atoms with Crippen LogP contribution < -0.4 is 0 Å². The second-order valence-electron chi connectivity index (χ2n) is 2.99. The molecular formula is C14H22O2. The SMILES string of the molecule is CC#CO.CCC.COCc1ccccc1. The van der Waals surface area contributed by atoms with Crippen LogP contribution in [-0.2, 0) is 11.3 Å². The summed E-state index contributed by atoms with van der Waals surface area (Å²) in [4.78, 5) is 0. The molecule has 0 amide bonds. The van der Waals surface area contributed by atoms with Crippen molar-refractivity contribution in [3.05, 3.63) is 35.9 Å². The Morgan fingerprint density at radius 3 is 1.94 bits per heavy atom. The molecule has 16 heavy (non-hydrogen) atoms. The molecule has 0 unspecified atom stereocenters. The van der Waals surface area contributed by atoms with E-state index in [9.17, 15) is 0 Å². The summed E-state index contributed by atoms with van der Waals surface area (Å²) in [7, 11) is 1.70. The lowest BCUT2D eigenvalue weighted by Crippen LogP contribution is -1.84. The smallest absolute Gasteiger partial charge is 0.107 e. The van der Waals surface area contributed by atoms with Gasteiger partial charge in [-0.25, -0.2) is 0 Å². The van der Waals surface area contributed by atoms with E-state index in [0.717, 1.165) is 0 Å². The van der Waals surface area contributed by atoms with Crippen LogP contribution in [0.2, 0.25) is 0 Å². The molecule has 0 spiro atoms. The first kappa shape index (κ1) is 17.0. The van der Waals surface area contributed by atoms with E-state index in [1.807, 2.05) is 30.3 Å². The molecule has 0 heterocycles. The van der Waals surface area contributed by atoms with Crippen LogP contribution in [-0.4, -0.2) is 12.2 Å². The maximum atomic E-state index is 7.51. The lowest BCUT2D eigenvalue weighted by Gasteiger charge is -1.95. The first-order valence-corrected chi connectivity index (χ1v) is 5.35. The minimum Gasteiger partial charge on any atom is -0.462 e. The Morgan fingerprint density at radius 2 is 1.62 bits per heavy atom. The fourth-order valence-corrected chi connectivity index (χ4v) is 0.741. The normalized spacial score (nSPS) is 7.25. The summed E-state index contributed by atoms with van der Waals surface area (Å²) in [6.07, 6.45) is 2.93. The highest BCUT2D eigenvalue weighted by atomic mass is 16.5. The molecule has 0 radical (unpaired) electrons. The fraction of sp³-hybridized carbons (Fsp3) is 0.429. The third-order valence-corrected chi connectivity index (χ3v) is 1.27. The summed E-state index contributed by atoms with van der Waals surface area (Å²) < 4.78 is 4.93. The maximum Gasteiger partial charge on any atom is 0.107 e. The molecule has 2 heteroatoms. The van der Waals surface area contributed by atoms with E-state index < -0.39 is 0 Å². The standard InChI is InChI=1S/C8H10O.C3H4O.C3H8/c1-9-7-8-5-3-2-4-6-8;1-2-3-4;1-3-2/h2-6H,7H2,1H3;4H,1H3;3H2,1-2H3. The molecular weight excluding hydrogens is 200 g/mol. The number of aliphatic hydroxyl groups is 1. The second kappa shape index (κ2) is 16.0. The van der Waals surface area contributed by atoms with Gasteiger partial charge in [-0.15, -0.1) is 0 Å². The van der Waals surface area contributed by atoms with Gasteiger partial charge in [0.2, 0.25) is 0 Å². The van der Waals surface area contributed by atoms with Gasteiger partial charge in [0.1, 0.15) is 6.11 Å². The van der Waals surface area contributed by atoms with E-state index in [1.165, 1.54) is 12.0 Å². The summed E-state index contributed by atoms with van der Waals surface area (Å²) in [5.41, 5.74) is 1.22. The summed E-state index contributed by atoms with van der Waals surface area (Å²) in [5, 5.41) is 7.51. The number of benzene rings is 1. The third kappa shape index (κ3) is 15.0. The third-order valence-electron chi connectivity index (χ3n) is 1.27. The monoisotopic (exact) mass is 222 g/mol. The Labute approximate surface area is 99.3 Å². The van der Waals surface area contributed by atoms with Gasteiger partial charge >= 0.3 is 0 Å². The minimum absolute atomic E-state index is 0.709. The van der Waals surface area contributed by atoms with Crippen LogP contribution in [0, 0.1) is 12.0 Å². The van der Waals surface area contributed by atoms with Crippen molar-refractivity contribution < 1.29 is 9.84 Å². The quantitative estimate of drug-likeness (QED) is 0.775. The Hall–Kier alpha value is -1.46. The van der Waals surface area contributed by atoms with Crippen molar-refractivity contribution in [1.29, 1.82) is 0 Å². The second-order valence-corrected chi connectivity index (χ2v) is 2.99. The molecule has 0 aliphatic carbocycles. The summed E-state index contributed by atoms with van der Waals surface area (Å²) in [6, 6.07) is 10.1. The van der Waals surface area contributed by atoms with Crippen LogP contribution >= 0.6 is 0 Å². The van der Waals surface area contributed by atoms with E-state index in [4.69, 9.17) is 9.84 Å². The molecule has 1 aromatic carbocycles. The van der Waals surface area contributed by atoms with Crippen LogP contribution in [0.15, 0.2) is 30.3 Å². The lowest BCUT2D eigenvalue weighted by atomic mass is 10.2. The van der Waals surface area contributed by atoms with Crippen molar-refractivity contribution in [2.75, 3.05) is 7.11 Å². The molecule has 0 bridgehead atoms. The Balaban J connectivity index is 0. The van der Waals surface area contributed by atoms with Crippen molar-refractivity contribution >= 4 is 0 Å². The van der Waals surface area contributed by atoms with Crippen LogP contribution in [0.1, 0.15) is 32.8 Å². The summed E-state index contributed by atoms with van der Waals surface area (Å²) >= 11 is 0. The average molecular weight is 222 g/mol. The Bertz CT molecular complexity index is 264. The number of ether oxygens (including phenoxy) is 1. The highest BCUT2D eigenvalue weighted by Crippen LogP contribution is 1.98. The largest absolute Gasteiger partial charge is 0.462 e. The Morgan fingerprint density at radius 1 is 1.19 bits per heavy atom. The molecule has 0 aliphatic heterocycles. The number of aliphatic hydroxyl groups excluding tert-OH is 1. The predicted molar refractivity (Wildman–Crippen MR) is 68.5 cm³/mol. The molecule has 1 rings (SSSR count). The molecule has 0 fully saturated rings. The highest BCUT2D eigenvalue weighted by Gasteiger charge is 1.84. The fourth-order valence-electron chi connectivity index (χ4n) is 0.741. The molecule has 1 N–H and O–H groups in total. The van der Waals surface area contributed by atoms with Gasteiger partial charge in [0.15, 0.2) is 0 Å². The molecule has 1 aromatic rings. The van der Waals surface area contributed by atoms with E-state index in [2.05, 4.69) is 19.8 Å².